The molecule has 0 rings (SSSR count). The maximum atomic E-state index is 9.31. The van der Waals surface area contributed by atoms with Crippen LogP contribution in [0.3, 0.4) is 0 Å². The van der Waals surface area contributed by atoms with Crippen molar-refractivity contribution < 1.29 is 52.0 Å². The van der Waals surface area contributed by atoms with Crippen LogP contribution in [-0.4, -0.2) is 13.0 Å². The first-order valence-electron chi connectivity index (χ1n) is 1.13. The molecule has 0 aliphatic carbocycles. The SMILES string of the molecule is O=[PH]([O-])S(=O)(=O)O.[Na+]. The monoisotopic (exact) mass is 168 g/mol. The number of hydrogen-bond acceptors (Lipinski definition) is 4. The van der Waals surface area contributed by atoms with E-state index in [1.54, 1.807) is 0 Å². The van der Waals surface area contributed by atoms with Crippen LogP contribution in [0.25, 0.3) is 0 Å². The van der Waals surface area contributed by atoms with Crippen LogP contribution < -0.4 is 34.5 Å². The van der Waals surface area contributed by atoms with Gasteiger partial charge in [-0.2, -0.15) is 8.42 Å². The smallest absolute Gasteiger partial charge is 0.789 e. The maximum Gasteiger partial charge on any atom is 1.00 e. The van der Waals surface area contributed by atoms with Gasteiger partial charge in [0.15, 0.2) is 0 Å². The van der Waals surface area contributed by atoms with E-state index in [9.17, 15) is 17.9 Å². The molecule has 0 fully saturated rings. The van der Waals surface area contributed by atoms with Gasteiger partial charge in [0.05, 0.1) is 0 Å². The Labute approximate surface area is 68.8 Å². The molecule has 0 amide bonds. The van der Waals surface area contributed by atoms with Crippen molar-refractivity contribution in [2.75, 3.05) is 0 Å². The van der Waals surface area contributed by atoms with E-state index in [2.05, 4.69) is 0 Å². The van der Waals surface area contributed by atoms with Crippen molar-refractivity contribution in [2.24, 2.45) is 0 Å². The fourth-order valence-electron chi connectivity index (χ4n) is 0. The second-order valence-electron chi connectivity index (χ2n) is 0.725. The average molecular weight is 168 g/mol. The first-order chi connectivity index (χ1) is 2.94. The zero-order chi connectivity index (χ0) is 6.08. The third kappa shape index (κ3) is 5.24. The van der Waals surface area contributed by atoms with Crippen LogP contribution in [-0.2, 0) is 14.3 Å². The summed E-state index contributed by atoms with van der Waals surface area (Å²) in [5, 5.41) is 0. The third-order valence-electron chi connectivity index (χ3n) is 0.211. The number of rotatable bonds is 1. The molecular weight excluding hydrogens is 166 g/mol. The van der Waals surface area contributed by atoms with Crippen molar-refractivity contribution in [1.82, 2.24) is 0 Å². The third-order valence-corrected chi connectivity index (χ3v) is 1.90. The molecule has 0 aliphatic rings. The van der Waals surface area contributed by atoms with E-state index < -0.39 is 17.0 Å². The zero-order valence-electron chi connectivity index (χ0n) is 3.99. The predicted molar refractivity (Wildman–Crippen MR) is 20.6 cm³/mol. The van der Waals surface area contributed by atoms with E-state index >= 15 is 0 Å². The molecule has 5 nitrogen and oxygen atoms in total. The summed E-state index contributed by atoms with van der Waals surface area (Å²) in [7, 11) is -8.77. The molecule has 44 valence electrons. The standard InChI is InChI=1S/Na.H3O5PS/c;1-6(2)7(3,4)5/h;6H,(H,1,2)(H,3,4,5)/q+1;/p-1. The van der Waals surface area contributed by atoms with Crippen molar-refractivity contribution in [3.05, 3.63) is 0 Å². The molecule has 0 aliphatic heterocycles. The van der Waals surface area contributed by atoms with E-state index in [4.69, 9.17) is 4.55 Å². The van der Waals surface area contributed by atoms with Crippen LogP contribution in [0.4, 0.5) is 0 Å². The van der Waals surface area contributed by atoms with Gasteiger partial charge < -0.3 is 9.46 Å². The van der Waals surface area contributed by atoms with Crippen LogP contribution in [0.1, 0.15) is 0 Å². The summed E-state index contributed by atoms with van der Waals surface area (Å²) in [6.07, 6.45) is 0. The summed E-state index contributed by atoms with van der Waals surface area (Å²) in [4.78, 5) is 9.26. The summed E-state index contributed by atoms with van der Waals surface area (Å²) in [6, 6.07) is 0. The van der Waals surface area contributed by atoms with E-state index in [1.165, 1.54) is 0 Å². The van der Waals surface area contributed by atoms with Crippen LogP contribution in [0.5, 0.6) is 0 Å². The molecule has 0 heterocycles. The zero-order valence-corrected chi connectivity index (χ0v) is 7.80. The maximum absolute atomic E-state index is 9.31. The first kappa shape index (κ1) is 11.8. The van der Waals surface area contributed by atoms with Gasteiger partial charge in [-0.3, -0.25) is 4.55 Å². The molecule has 0 spiro atoms. The van der Waals surface area contributed by atoms with Crippen LogP contribution >= 0.6 is 7.23 Å². The van der Waals surface area contributed by atoms with E-state index in [-0.39, 0.29) is 29.6 Å². The van der Waals surface area contributed by atoms with Crippen molar-refractivity contribution in [2.45, 2.75) is 0 Å². The molecule has 0 saturated heterocycles. The Morgan fingerprint density at radius 1 is 1.50 bits per heavy atom. The molecule has 8 heavy (non-hydrogen) atoms. The fraction of sp³-hybridized carbons (Fsp3) is 0. The van der Waals surface area contributed by atoms with Gasteiger partial charge in [-0.05, 0) is 0 Å². The molecular formula is H2NaO5PS. The van der Waals surface area contributed by atoms with Gasteiger partial charge in [0.25, 0.3) is 9.74 Å². The predicted octanol–water partition coefficient (Wildman–Crippen LogP) is -4.37. The minimum absolute atomic E-state index is 0. The normalized spacial score (nSPS) is 14.2. The fourth-order valence-corrected chi connectivity index (χ4v) is 0. The van der Waals surface area contributed by atoms with Crippen LogP contribution in [0.2, 0.25) is 0 Å². The largest absolute Gasteiger partial charge is 1.00 e. The van der Waals surface area contributed by atoms with Gasteiger partial charge >= 0.3 is 29.6 Å². The Bertz CT molecular complexity index is 167. The molecule has 0 bridgehead atoms. The van der Waals surface area contributed by atoms with Gasteiger partial charge in [0, 0.05) is 0 Å². The van der Waals surface area contributed by atoms with Crippen molar-refractivity contribution in [3.63, 3.8) is 0 Å². The van der Waals surface area contributed by atoms with Gasteiger partial charge in [0.2, 0.25) is 0 Å². The Balaban J connectivity index is 0. The van der Waals surface area contributed by atoms with Gasteiger partial charge in [-0.1, -0.05) is 0 Å². The Kier molecular flexibility index (Phi) is 5.93. The second kappa shape index (κ2) is 4.00. The molecule has 0 aromatic heterocycles. The minimum atomic E-state index is -4.75. The number of hydrogen-bond donors (Lipinski definition) is 1. The molecule has 0 saturated carbocycles. The first-order valence-corrected chi connectivity index (χ1v) is 4.61. The molecule has 0 aromatic carbocycles. The van der Waals surface area contributed by atoms with E-state index in [0.717, 1.165) is 0 Å². The summed E-state index contributed by atoms with van der Waals surface area (Å²) in [6.45, 7) is 0. The summed E-state index contributed by atoms with van der Waals surface area (Å²) < 4.78 is 35.4. The topological polar surface area (TPSA) is 94.5 Å². The van der Waals surface area contributed by atoms with E-state index in [1.807, 2.05) is 0 Å². The molecule has 1 N–H and O–H groups in total. The molecule has 0 radical (unpaired) electrons. The molecule has 1 atom stereocenters. The summed E-state index contributed by atoms with van der Waals surface area (Å²) >= 11 is 0. The molecule has 1 unspecified atom stereocenters. The Morgan fingerprint density at radius 2 is 1.62 bits per heavy atom. The molecule has 0 aromatic rings. The summed E-state index contributed by atoms with van der Waals surface area (Å²) in [5.41, 5.74) is 0. The van der Waals surface area contributed by atoms with Crippen LogP contribution in [0.15, 0.2) is 0 Å². The van der Waals surface area contributed by atoms with Crippen LogP contribution in [0, 0.1) is 0 Å². The average Bonchev–Trinajstić information content (AvgIpc) is 1.31. The van der Waals surface area contributed by atoms with Crippen molar-refractivity contribution in [1.29, 1.82) is 0 Å². The second-order valence-corrected chi connectivity index (χ2v) is 4.72. The minimum Gasteiger partial charge on any atom is -0.789 e. The quantitative estimate of drug-likeness (QED) is 0.242. The Hall–Kier alpha value is 1.10. The van der Waals surface area contributed by atoms with Gasteiger partial charge in [-0.15, -0.1) is 0 Å². The Morgan fingerprint density at radius 3 is 1.62 bits per heavy atom. The van der Waals surface area contributed by atoms with Gasteiger partial charge in [0.1, 0.15) is 7.23 Å². The summed E-state index contributed by atoms with van der Waals surface area (Å²) in [5.74, 6) is 0. The molecule has 8 heteroatoms. The van der Waals surface area contributed by atoms with Gasteiger partial charge in [-0.25, -0.2) is 0 Å². The van der Waals surface area contributed by atoms with Crippen molar-refractivity contribution >= 4 is 17.0 Å². The van der Waals surface area contributed by atoms with Crippen molar-refractivity contribution in [3.8, 4) is 0 Å². The van der Waals surface area contributed by atoms with E-state index in [0.29, 0.717) is 0 Å².